The Balaban J connectivity index is 1.52. The third-order valence-corrected chi connectivity index (χ3v) is 6.00. The Kier molecular flexibility index (Phi) is 6.41. The average Bonchev–Trinajstić information content (AvgIpc) is 3.32. The molecule has 1 saturated heterocycles. The van der Waals surface area contributed by atoms with Crippen LogP contribution in [0.25, 0.3) is 0 Å². The molecule has 2 fully saturated rings. The summed E-state index contributed by atoms with van der Waals surface area (Å²) in [5.41, 5.74) is -0.488. The first-order chi connectivity index (χ1) is 13.1. The molecule has 1 aliphatic heterocycles. The first-order valence-electron chi connectivity index (χ1n) is 9.72. The highest BCUT2D eigenvalue weighted by Gasteiger charge is 2.34. The normalized spacial score (nSPS) is 18.7. The molecule has 0 aromatic carbocycles. The second-order valence-corrected chi connectivity index (χ2v) is 10.1. The van der Waals surface area contributed by atoms with Crippen molar-refractivity contribution in [3.05, 3.63) is 3.95 Å². The van der Waals surface area contributed by atoms with Crippen molar-refractivity contribution in [3.63, 3.8) is 0 Å². The Bertz CT molecular complexity index is 773. The van der Waals surface area contributed by atoms with E-state index < -0.39 is 5.60 Å². The predicted octanol–water partition coefficient (Wildman–Crippen LogP) is 3.14. The van der Waals surface area contributed by atoms with Crippen LogP contribution in [-0.4, -0.2) is 57.5 Å². The summed E-state index contributed by atoms with van der Waals surface area (Å²) in [5, 5.41) is 8.24. The Labute approximate surface area is 174 Å². The van der Waals surface area contributed by atoms with Crippen molar-refractivity contribution >= 4 is 40.7 Å². The first kappa shape index (κ1) is 21.2. The van der Waals surface area contributed by atoms with Crippen LogP contribution < -0.4 is 10.2 Å². The summed E-state index contributed by atoms with van der Waals surface area (Å²) >= 11 is 6.86. The van der Waals surface area contributed by atoms with Crippen LogP contribution in [-0.2, 0) is 16.2 Å². The van der Waals surface area contributed by atoms with Gasteiger partial charge in [0.1, 0.15) is 5.60 Å². The maximum absolute atomic E-state index is 11.9. The molecular weight excluding hydrogens is 398 g/mol. The molecular formula is C18H29N5O3S2. The lowest BCUT2D eigenvalue weighted by molar-refractivity contribution is -0.116. The fourth-order valence-corrected chi connectivity index (χ4v) is 4.44. The van der Waals surface area contributed by atoms with E-state index >= 15 is 0 Å². The molecule has 0 radical (unpaired) electrons. The standard InChI is InChI=1S/C18H29N5O3S2/c1-12(24)23(14-5-6-14)15-20-22(17(27)28-15)11-21-9-7-13(8-10-21)19-16(25)26-18(2,3)4/h13-14H,5-11H2,1-4H3,(H,19,25). The van der Waals surface area contributed by atoms with Crippen LogP contribution in [0.2, 0.25) is 0 Å². The highest BCUT2D eigenvalue weighted by Crippen LogP contribution is 2.33. The molecule has 156 valence electrons. The Morgan fingerprint density at radius 3 is 2.46 bits per heavy atom. The van der Waals surface area contributed by atoms with Gasteiger partial charge in [-0.25, -0.2) is 9.48 Å². The van der Waals surface area contributed by atoms with Crippen molar-refractivity contribution in [2.24, 2.45) is 0 Å². The van der Waals surface area contributed by atoms with Crippen LogP contribution >= 0.6 is 23.6 Å². The van der Waals surface area contributed by atoms with E-state index in [9.17, 15) is 9.59 Å². The molecule has 1 aliphatic carbocycles. The van der Waals surface area contributed by atoms with Crippen LogP contribution in [0.5, 0.6) is 0 Å². The maximum Gasteiger partial charge on any atom is 0.407 e. The van der Waals surface area contributed by atoms with Crippen molar-refractivity contribution in [2.45, 2.75) is 77.7 Å². The van der Waals surface area contributed by atoms with Crippen molar-refractivity contribution in [1.29, 1.82) is 0 Å². The van der Waals surface area contributed by atoms with E-state index in [0.717, 1.165) is 38.8 Å². The van der Waals surface area contributed by atoms with E-state index in [1.807, 2.05) is 20.8 Å². The van der Waals surface area contributed by atoms with Crippen molar-refractivity contribution in [1.82, 2.24) is 20.0 Å². The molecule has 2 amide bonds. The van der Waals surface area contributed by atoms with E-state index in [4.69, 9.17) is 17.0 Å². The minimum Gasteiger partial charge on any atom is -0.444 e. The van der Waals surface area contributed by atoms with Crippen LogP contribution in [0.15, 0.2) is 0 Å². The van der Waals surface area contributed by atoms with Gasteiger partial charge in [-0.1, -0.05) is 11.3 Å². The summed E-state index contributed by atoms with van der Waals surface area (Å²) in [6.07, 6.45) is 3.41. The summed E-state index contributed by atoms with van der Waals surface area (Å²) < 4.78 is 7.80. The van der Waals surface area contributed by atoms with Crippen molar-refractivity contribution in [2.75, 3.05) is 18.0 Å². The lowest BCUT2D eigenvalue weighted by Gasteiger charge is -2.32. The summed E-state index contributed by atoms with van der Waals surface area (Å²) in [4.78, 5) is 27.9. The molecule has 0 bridgehead atoms. The number of hydrogen-bond donors (Lipinski definition) is 1. The van der Waals surface area contributed by atoms with Crippen molar-refractivity contribution < 1.29 is 14.3 Å². The van der Waals surface area contributed by atoms with Gasteiger partial charge in [0.15, 0.2) is 3.95 Å². The van der Waals surface area contributed by atoms with Gasteiger partial charge >= 0.3 is 6.09 Å². The molecule has 1 saturated carbocycles. The van der Waals surface area contributed by atoms with Gasteiger partial charge in [0.05, 0.1) is 6.67 Å². The second kappa shape index (κ2) is 8.46. The number of nitrogens with one attached hydrogen (secondary N) is 1. The molecule has 8 nitrogen and oxygen atoms in total. The molecule has 2 heterocycles. The Morgan fingerprint density at radius 2 is 1.93 bits per heavy atom. The van der Waals surface area contributed by atoms with E-state index in [2.05, 4.69) is 15.3 Å². The number of amides is 2. The molecule has 1 aromatic heterocycles. The molecule has 1 aromatic rings. The minimum atomic E-state index is -0.488. The number of ether oxygens (including phenoxy) is 1. The van der Waals surface area contributed by atoms with E-state index in [0.29, 0.717) is 15.8 Å². The summed E-state index contributed by atoms with van der Waals surface area (Å²) in [5.74, 6) is 0.0208. The number of hydrogen-bond acceptors (Lipinski definition) is 7. The SMILES string of the molecule is CC(=O)N(c1nn(CN2CCC(NC(=O)OC(C)(C)C)CC2)c(=S)s1)C1CC1. The van der Waals surface area contributed by atoms with Crippen molar-refractivity contribution in [3.8, 4) is 0 Å². The zero-order chi connectivity index (χ0) is 20.5. The van der Waals surface area contributed by atoms with E-state index in [-0.39, 0.29) is 24.1 Å². The maximum atomic E-state index is 11.9. The highest BCUT2D eigenvalue weighted by atomic mass is 32.1. The number of nitrogens with zero attached hydrogens (tertiary/aromatic N) is 4. The largest absolute Gasteiger partial charge is 0.444 e. The monoisotopic (exact) mass is 427 g/mol. The number of carbonyl (C=O) groups excluding carboxylic acids is 2. The van der Waals surface area contributed by atoms with Gasteiger partial charge in [-0.05, 0) is 58.7 Å². The van der Waals surface area contributed by atoms with Gasteiger partial charge in [-0.2, -0.15) is 0 Å². The zero-order valence-corrected chi connectivity index (χ0v) is 18.6. The number of piperidine rings is 1. The van der Waals surface area contributed by atoms with Gasteiger partial charge in [0, 0.05) is 32.1 Å². The van der Waals surface area contributed by atoms with Gasteiger partial charge < -0.3 is 10.1 Å². The molecule has 28 heavy (non-hydrogen) atoms. The highest BCUT2D eigenvalue weighted by molar-refractivity contribution is 7.73. The lowest BCUT2D eigenvalue weighted by atomic mass is 10.1. The zero-order valence-electron chi connectivity index (χ0n) is 16.9. The van der Waals surface area contributed by atoms with E-state index in [1.54, 1.807) is 16.5 Å². The molecule has 10 heteroatoms. The number of likely N-dealkylation sites (tertiary alicyclic amines) is 1. The molecule has 2 aliphatic rings. The molecule has 3 rings (SSSR count). The fourth-order valence-electron chi connectivity index (χ4n) is 3.25. The Hall–Kier alpha value is -1.52. The average molecular weight is 428 g/mol. The van der Waals surface area contributed by atoms with Crippen LogP contribution in [0.1, 0.15) is 53.4 Å². The smallest absolute Gasteiger partial charge is 0.407 e. The summed E-state index contributed by atoms with van der Waals surface area (Å²) in [6, 6.07) is 0.398. The van der Waals surface area contributed by atoms with Gasteiger partial charge in [-0.3, -0.25) is 14.6 Å². The third-order valence-electron chi connectivity index (χ3n) is 4.70. The topological polar surface area (TPSA) is 79.7 Å². The Morgan fingerprint density at radius 1 is 1.29 bits per heavy atom. The third kappa shape index (κ3) is 5.74. The van der Waals surface area contributed by atoms with Gasteiger partial charge in [0.2, 0.25) is 11.0 Å². The second-order valence-electron chi connectivity index (χ2n) is 8.45. The van der Waals surface area contributed by atoms with E-state index in [1.165, 1.54) is 11.3 Å². The molecule has 0 atom stereocenters. The number of rotatable bonds is 5. The summed E-state index contributed by atoms with van der Waals surface area (Å²) in [7, 11) is 0. The molecule has 0 spiro atoms. The summed E-state index contributed by atoms with van der Waals surface area (Å²) in [6.45, 7) is 9.44. The number of anilines is 1. The number of carbonyl (C=O) groups is 2. The molecule has 1 N–H and O–H groups in total. The predicted molar refractivity (Wildman–Crippen MR) is 111 cm³/mol. The molecule has 0 unspecified atom stereocenters. The number of alkyl carbamates (subject to hydrolysis) is 1. The minimum absolute atomic E-state index is 0.0208. The van der Waals surface area contributed by atoms with Gasteiger partial charge in [0.25, 0.3) is 0 Å². The van der Waals surface area contributed by atoms with Gasteiger partial charge in [-0.15, -0.1) is 5.10 Å². The first-order valence-corrected chi connectivity index (χ1v) is 10.9. The number of aromatic nitrogens is 2. The fraction of sp³-hybridized carbons (Fsp3) is 0.778. The quantitative estimate of drug-likeness (QED) is 0.727. The van der Waals surface area contributed by atoms with Crippen LogP contribution in [0, 0.1) is 3.95 Å². The van der Waals surface area contributed by atoms with Crippen LogP contribution in [0.4, 0.5) is 9.93 Å². The van der Waals surface area contributed by atoms with Crippen LogP contribution in [0.3, 0.4) is 0 Å². The lowest BCUT2D eigenvalue weighted by Crippen LogP contribution is -2.46.